The van der Waals surface area contributed by atoms with Crippen LogP contribution in [0.15, 0.2) is 29.2 Å². The van der Waals surface area contributed by atoms with Gasteiger partial charge in [0.25, 0.3) is 10.0 Å². The largest absolute Gasteiger partial charge is 0.446 e. The molecule has 0 radical (unpaired) electrons. The monoisotopic (exact) mass is 294 g/mol. The van der Waals surface area contributed by atoms with Gasteiger partial charge in [-0.25, -0.2) is 17.9 Å². The predicted molar refractivity (Wildman–Crippen MR) is 70.2 cm³/mol. The van der Waals surface area contributed by atoms with Gasteiger partial charge in [-0.2, -0.15) is 5.26 Å². The van der Waals surface area contributed by atoms with E-state index in [1.807, 2.05) is 10.8 Å². The van der Waals surface area contributed by atoms with Crippen molar-refractivity contribution < 1.29 is 17.9 Å². The molecule has 1 amide bonds. The number of nitriles is 1. The number of benzene rings is 1. The van der Waals surface area contributed by atoms with Crippen LogP contribution in [0.4, 0.5) is 4.79 Å². The van der Waals surface area contributed by atoms with Gasteiger partial charge in [0.1, 0.15) is 6.10 Å². The molecule has 0 heterocycles. The Morgan fingerprint density at radius 2 is 2.05 bits per heavy atom. The summed E-state index contributed by atoms with van der Waals surface area (Å²) in [4.78, 5) is 11.4. The third kappa shape index (κ3) is 3.48. The van der Waals surface area contributed by atoms with Crippen molar-refractivity contribution in [2.75, 3.05) is 0 Å². The maximum absolute atomic E-state index is 12.0. The van der Waals surface area contributed by atoms with Crippen LogP contribution in [0, 0.1) is 11.3 Å². The van der Waals surface area contributed by atoms with Crippen molar-refractivity contribution in [3.8, 4) is 6.07 Å². The molecule has 0 atom stereocenters. The molecular formula is C13H14N2O4S. The third-order valence-corrected chi connectivity index (χ3v) is 4.38. The molecule has 0 aliphatic heterocycles. The van der Waals surface area contributed by atoms with Crippen LogP contribution in [0.3, 0.4) is 0 Å². The summed E-state index contributed by atoms with van der Waals surface area (Å²) in [7, 11) is -4.01. The van der Waals surface area contributed by atoms with Gasteiger partial charge in [0.2, 0.25) is 0 Å². The standard InChI is InChI=1S/C13H14N2O4S/c14-9-10-4-3-7-12(8-10)20(17,18)15-13(16)19-11-5-1-2-6-11/h3-4,7-8,11H,1-2,5-6H2,(H,15,16). The number of hydrogen-bond donors (Lipinski definition) is 1. The quantitative estimate of drug-likeness (QED) is 0.918. The molecule has 1 saturated carbocycles. The zero-order valence-electron chi connectivity index (χ0n) is 10.7. The number of carbonyl (C=O) groups is 1. The normalized spacial score (nSPS) is 15.6. The Morgan fingerprint density at radius 1 is 1.35 bits per heavy atom. The molecule has 0 aromatic heterocycles. The molecule has 1 aliphatic carbocycles. The Balaban J connectivity index is 2.06. The van der Waals surface area contributed by atoms with Crippen LogP contribution in [0.25, 0.3) is 0 Å². The van der Waals surface area contributed by atoms with Crippen molar-refractivity contribution in [1.82, 2.24) is 4.72 Å². The average molecular weight is 294 g/mol. The van der Waals surface area contributed by atoms with Gasteiger partial charge < -0.3 is 4.74 Å². The molecule has 7 heteroatoms. The zero-order chi connectivity index (χ0) is 14.6. The van der Waals surface area contributed by atoms with E-state index in [0.717, 1.165) is 25.7 Å². The summed E-state index contributed by atoms with van der Waals surface area (Å²) in [6.07, 6.45) is 2.30. The van der Waals surface area contributed by atoms with Crippen molar-refractivity contribution in [2.24, 2.45) is 0 Å². The first-order valence-corrected chi connectivity index (χ1v) is 7.73. The lowest BCUT2D eigenvalue weighted by Crippen LogP contribution is -2.33. The molecule has 1 aliphatic rings. The van der Waals surface area contributed by atoms with Crippen LogP contribution in [0.2, 0.25) is 0 Å². The second kappa shape index (κ2) is 5.92. The van der Waals surface area contributed by atoms with Gasteiger partial charge in [0.05, 0.1) is 16.5 Å². The minimum Gasteiger partial charge on any atom is -0.446 e. The van der Waals surface area contributed by atoms with Crippen molar-refractivity contribution in [1.29, 1.82) is 5.26 Å². The molecule has 0 bridgehead atoms. The van der Waals surface area contributed by atoms with E-state index < -0.39 is 16.1 Å². The van der Waals surface area contributed by atoms with Crippen molar-refractivity contribution in [3.05, 3.63) is 29.8 Å². The fourth-order valence-corrected chi connectivity index (χ4v) is 3.01. The Hall–Kier alpha value is -2.07. The van der Waals surface area contributed by atoms with Crippen LogP contribution in [0.5, 0.6) is 0 Å². The summed E-state index contributed by atoms with van der Waals surface area (Å²) in [6, 6.07) is 7.28. The van der Waals surface area contributed by atoms with Crippen LogP contribution < -0.4 is 4.72 Å². The van der Waals surface area contributed by atoms with E-state index in [1.54, 1.807) is 0 Å². The minimum absolute atomic E-state index is 0.139. The first-order chi connectivity index (χ1) is 9.51. The molecule has 1 aromatic carbocycles. The third-order valence-electron chi connectivity index (χ3n) is 3.07. The molecule has 20 heavy (non-hydrogen) atoms. The fourth-order valence-electron chi connectivity index (χ4n) is 2.08. The van der Waals surface area contributed by atoms with Crippen molar-refractivity contribution in [2.45, 2.75) is 36.7 Å². The van der Waals surface area contributed by atoms with Gasteiger partial charge in [-0.15, -0.1) is 0 Å². The molecule has 6 nitrogen and oxygen atoms in total. The number of rotatable bonds is 3. The van der Waals surface area contributed by atoms with Gasteiger partial charge in [-0.1, -0.05) is 6.07 Å². The van der Waals surface area contributed by atoms with Crippen LogP contribution in [-0.4, -0.2) is 20.6 Å². The summed E-state index contributed by atoms with van der Waals surface area (Å²) in [5.74, 6) is 0. The molecule has 1 fully saturated rings. The number of nitrogens with zero attached hydrogens (tertiary/aromatic N) is 1. The van der Waals surface area contributed by atoms with Crippen molar-refractivity contribution in [3.63, 3.8) is 0 Å². The number of nitrogens with one attached hydrogen (secondary N) is 1. The second-order valence-electron chi connectivity index (χ2n) is 4.56. The SMILES string of the molecule is N#Cc1cccc(S(=O)(=O)NC(=O)OC2CCCC2)c1. The Bertz CT molecular complexity index is 643. The van der Waals surface area contributed by atoms with Gasteiger partial charge in [-0.3, -0.25) is 0 Å². The van der Waals surface area contributed by atoms with E-state index in [2.05, 4.69) is 0 Å². The molecule has 0 unspecified atom stereocenters. The van der Waals surface area contributed by atoms with Gasteiger partial charge in [0.15, 0.2) is 0 Å². The minimum atomic E-state index is -4.01. The first kappa shape index (κ1) is 14.3. The number of sulfonamides is 1. The van der Waals surface area contributed by atoms with Gasteiger partial charge >= 0.3 is 6.09 Å². The van der Waals surface area contributed by atoms with Crippen molar-refractivity contribution >= 4 is 16.1 Å². The molecule has 1 N–H and O–H groups in total. The second-order valence-corrected chi connectivity index (χ2v) is 6.24. The molecular weight excluding hydrogens is 280 g/mol. The molecule has 0 saturated heterocycles. The highest BCUT2D eigenvalue weighted by Gasteiger charge is 2.23. The molecule has 1 aromatic rings. The fraction of sp³-hybridized carbons (Fsp3) is 0.385. The predicted octanol–water partition coefficient (Wildman–Crippen LogP) is 1.92. The van der Waals surface area contributed by atoms with Crippen LogP contribution in [-0.2, 0) is 14.8 Å². The number of ether oxygens (including phenoxy) is 1. The Labute approximate surface area is 117 Å². The topological polar surface area (TPSA) is 96.3 Å². The van der Waals surface area contributed by atoms with Gasteiger partial charge in [0, 0.05) is 0 Å². The van der Waals surface area contributed by atoms with E-state index in [1.165, 1.54) is 24.3 Å². The first-order valence-electron chi connectivity index (χ1n) is 6.25. The molecule has 0 spiro atoms. The summed E-state index contributed by atoms with van der Waals surface area (Å²) < 4.78 is 30.8. The van der Waals surface area contributed by atoms with E-state index >= 15 is 0 Å². The smallest absolute Gasteiger partial charge is 0.421 e. The Morgan fingerprint density at radius 3 is 2.70 bits per heavy atom. The lowest BCUT2D eigenvalue weighted by molar-refractivity contribution is 0.106. The lowest BCUT2D eigenvalue weighted by Gasteiger charge is -2.12. The lowest BCUT2D eigenvalue weighted by atomic mass is 10.2. The number of amides is 1. The Kier molecular flexibility index (Phi) is 4.25. The zero-order valence-corrected chi connectivity index (χ0v) is 11.5. The number of hydrogen-bond acceptors (Lipinski definition) is 5. The molecule has 2 rings (SSSR count). The van der Waals surface area contributed by atoms with E-state index in [-0.39, 0.29) is 16.6 Å². The summed E-state index contributed by atoms with van der Waals surface area (Å²) in [6.45, 7) is 0. The average Bonchev–Trinajstić information content (AvgIpc) is 2.91. The van der Waals surface area contributed by atoms with E-state index in [9.17, 15) is 13.2 Å². The maximum Gasteiger partial charge on any atom is 0.421 e. The number of carbonyl (C=O) groups excluding carboxylic acids is 1. The van der Waals surface area contributed by atoms with Crippen LogP contribution >= 0.6 is 0 Å². The summed E-state index contributed by atoms with van der Waals surface area (Å²) >= 11 is 0. The summed E-state index contributed by atoms with van der Waals surface area (Å²) in [5.41, 5.74) is 0.206. The van der Waals surface area contributed by atoms with E-state index in [4.69, 9.17) is 10.00 Å². The van der Waals surface area contributed by atoms with E-state index in [0.29, 0.717) is 0 Å². The highest BCUT2D eigenvalue weighted by Crippen LogP contribution is 2.21. The van der Waals surface area contributed by atoms with Crippen LogP contribution in [0.1, 0.15) is 31.2 Å². The molecule has 106 valence electrons. The van der Waals surface area contributed by atoms with Gasteiger partial charge in [-0.05, 0) is 43.9 Å². The maximum atomic E-state index is 12.0. The summed E-state index contributed by atoms with van der Waals surface area (Å²) in [5, 5.41) is 8.74. The highest BCUT2D eigenvalue weighted by atomic mass is 32.2. The highest BCUT2D eigenvalue weighted by molar-refractivity contribution is 7.90.